The van der Waals surface area contributed by atoms with Gasteiger partial charge in [-0.1, -0.05) is 22.0 Å². The molecule has 1 aromatic carbocycles. The molecule has 1 aromatic rings. The Morgan fingerprint density at radius 3 is 2.86 bits per heavy atom. The summed E-state index contributed by atoms with van der Waals surface area (Å²) in [5, 5.41) is 0.759. The first-order chi connectivity index (χ1) is 6.63. The zero-order valence-electron chi connectivity index (χ0n) is 7.30. The van der Waals surface area contributed by atoms with Crippen LogP contribution >= 0.6 is 15.9 Å². The molecule has 0 radical (unpaired) electrons. The van der Waals surface area contributed by atoms with Crippen molar-refractivity contribution in [1.29, 1.82) is 0 Å². The van der Waals surface area contributed by atoms with Crippen molar-refractivity contribution in [3.63, 3.8) is 0 Å². The van der Waals surface area contributed by atoms with Crippen molar-refractivity contribution in [2.24, 2.45) is 5.73 Å². The average Bonchev–Trinajstić information content (AvgIpc) is 2.10. The number of nitrogens with two attached hydrogens (primary N) is 1. The van der Waals surface area contributed by atoms with Gasteiger partial charge in [-0.25, -0.2) is 9.18 Å². The molecule has 0 saturated heterocycles. The molecule has 0 bridgehead atoms. The van der Waals surface area contributed by atoms with Crippen LogP contribution in [0.2, 0.25) is 0 Å². The van der Waals surface area contributed by atoms with Gasteiger partial charge in [0.05, 0.1) is 0 Å². The van der Waals surface area contributed by atoms with Crippen molar-refractivity contribution in [3.8, 4) is 5.75 Å². The highest BCUT2D eigenvalue weighted by Gasteiger charge is 2.07. The summed E-state index contributed by atoms with van der Waals surface area (Å²) in [6.07, 6.45) is -0.282. The Kier molecular flexibility index (Phi) is 3.88. The van der Waals surface area contributed by atoms with E-state index in [0.717, 1.165) is 17.3 Å². The highest BCUT2D eigenvalue weighted by molar-refractivity contribution is 9.09. The fourth-order valence-corrected chi connectivity index (χ4v) is 1.46. The topological polar surface area (TPSA) is 52.3 Å². The Morgan fingerprint density at radius 1 is 1.57 bits per heavy atom. The van der Waals surface area contributed by atoms with E-state index in [1.165, 1.54) is 12.1 Å². The van der Waals surface area contributed by atoms with E-state index in [1.807, 2.05) is 0 Å². The molecule has 0 heterocycles. The lowest BCUT2D eigenvalue weighted by Crippen LogP contribution is -2.17. The molecule has 0 aliphatic heterocycles. The smallest absolute Gasteiger partial charge is 0.407 e. The van der Waals surface area contributed by atoms with Crippen LogP contribution in [-0.4, -0.2) is 11.4 Å². The van der Waals surface area contributed by atoms with Crippen LogP contribution in [0.15, 0.2) is 18.2 Å². The average molecular weight is 262 g/mol. The number of carbonyl (C=O) groups is 1. The van der Waals surface area contributed by atoms with E-state index in [0.29, 0.717) is 0 Å². The molecule has 1 rings (SSSR count). The van der Waals surface area contributed by atoms with Crippen LogP contribution in [0.4, 0.5) is 9.18 Å². The molecular weight excluding hydrogens is 253 g/mol. The Labute approximate surface area is 89.2 Å². The Hall–Kier alpha value is -1.10. The molecule has 0 fully saturated rings. The molecule has 14 heavy (non-hydrogen) atoms. The van der Waals surface area contributed by atoms with Gasteiger partial charge in [0.15, 0.2) is 11.6 Å². The molecule has 0 aromatic heterocycles. The number of amides is 1. The maximum Gasteiger partial charge on any atom is 0.410 e. The molecule has 0 spiro atoms. The number of primary amides is 1. The molecule has 2 N–H and O–H groups in total. The van der Waals surface area contributed by atoms with Gasteiger partial charge in [0, 0.05) is 5.33 Å². The van der Waals surface area contributed by atoms with E-state index < -0.39 is 11.9 Å². The van der Waals surface area contributed by atoms with E-state index in [2.05, 4.69) is 20.7 Å². The number of halogens is 2. The van der Waals surface area contributed by atoms with Gasteiger partial charge in [-0.2, -0.15) is 0 Å². The second-order valence-corrected chi connectivity index (χ2v) is 3.42. The number of benzene rings is 1. The standard InChI is InChI=1S/C9H9BrFNO2/c10-4-3-6-1-2-7(11)8(5-6)14-9(12)13/h1-2,5H,3-4H2,(H2,12,13). The minimum atomic E-state index is -1.01. The molecular formula is C9H9BrFNO2. The SMILES string of the molecule is NC(=O)Oc1cc(CCBr)ccc1F. The van der Waals surface area contributed by atoms with Crippen molar-refractivity contribution >= 4 is 22.0 Å². The first-order valence-electron chi connectivity index (χ1n) is 3.95. The van der Waals surface area contributed by atoms with E-state index in [1.54, 1.807) is 6.07 Å². The van der Waals surface area contributed by atoms with Gasteiger partial charge in [0.2, 0.25) is 0 Å². The number of hydrogen-bond donors (Lipinski definition) is 1. The summed E-state index contributed by atoms with van der Waals surface area (Å²) in [4.78, 5) is 10.4. The molecule has 5 heteroatoms. The quantitative estimate of drug-likeness (QED) is 0.849. The van der Waals surface area contributed by atoms with Crippen LogP contribution in [0.3, 0.4) is 0 Å². The summed E-state index contributed by atoms with van der Waals surface area (Å²) in [6, 6.07) is 4.34. The molecule has 0 atom stereocenters. The number of aryl methyl sites for hydroxylation is 1. The summed E-state index contributed by atoms with van der Waals surface area (Å²) in [5.41, 5.74) is 5.65. The van der Waals surface area contributed by atoms with Gasteiger partial charge in [0.1, 0.15) is 0 Å². The summed E-state index contributed by atoms with van der Waals surface area (Å²) < 4.78 is 17.5. The third-order valence-electron chi connectivity index (χ3n) is 1.59. The normalized spacial score (nSPS) is 9.86. The Bertz CT molecular complexity index is 344. The van der Waals surface area contributed by atoms with Crippen molar-refractivity contribution in [3.05, 3.63) is 29.6 Å². The lowest BCUT2D eigenvalue weighted by molar-refractivity contribution is 0.208. The molecule has 0 aliphatic rings. The van der Waals surface area contributed by atoms with Crippen molar-refractivity contribution in [2.75, 3.05) is 5.33 Å². The fourth-order valence-electron chi connectivity index (χ4n) is 0.999. The van der Waals surface area contributed by atoms with E-state index >= 15 is 0 Å². The predicted octanol–water partition coefficient (Wildman–Crippen LogP) is 2.22. The van der Waals surface area contributed by atoms with Crippen molar-refractivity contribution in [1.82, 2.24) is 0 Å². The zero-order valence-corrected chi connectivity index (χ0v) is 8.88. The van der Waals surface area contributed by atoms with Crippen LogP contribution in [-0.2, 0) is 6.42 Å². The van der Waals surface area contributed by atoms with Crippen LogP contribution < -0.4 is 10.5 Å². The summed E-state index contributed by atoms with van der Waals surface area (Å²) in [7, 11) is 0. The van der Waals surface area contributed by atoms with Gasteiger partial charge in [-0.3, -0.25) is 0 Å². The summed E-state index contributed by atoms with van der Waals surface area (Å²) in [5.74, 6) is -0.724. The van der Waals surface area contributed by atoms with Crippen molar-refractivity contribution < 1.29 is 13.9 Å². The lowest BCUT2D eigenvalue weighted by atomic mass is 10.1. The van der Waals surface area contributed by atoms with Crippen molar-refractivity contribution in [2.45, 2.75) is 6.42 Å². The largest absolute Gasteiger partial charge is 0.410 e. The number of hydrogen-bond acceptors (Lipinski definition) is 2. The minimum Gasteiger partial charge on any atom is -0.407 e. The maximum atomic E-state index is 13.0. The highest BCUT2D eigenvalue weighted by atomic mass is 79.9. The summed E-state index contributed by atoms with van der Waals surface area (Å²) >= 11 is 3.25. The van der Waals surface area contributed by atoms with E-state index in [-0.39, 0.29) is 5.75 Å². The molecule has 3 nitrogen and oxygen atoms in total. The van der Waals surface area contributed by atoms with E-state index in [4.69, 9.17) is 5.73 Å². The van der Waals surface area contributed by atoms with Gasteiger partial charge in [-0.15, -0.1) is 0 Å². The zero-order chi connectivity index (χ0) is 10.6. The number of carbonyl (C=O) groups excluding carboxylic acids is 1. The number of ether oxygens (including phenoxy) is 1. The highest BCUT2D eigenvalue weighted by Crippen LogP contribution is 2.19. The molecule has 1 amide bonds. The predicted molar refractivity (Wildman–Crippen MR) is 54.1 cm³/mol. The summed E-state index contributed by atoms with van der Waals surface area (Å²) in [6.45, 7) is 0. The monoisotopic (exact) mass is 261 g/mol. The Balaban J connectivity index is 2.90. The first-order valence-corrected chi connectivity index (χ1v) is 5.07. The molecule has 0 unspecified atom stereocenters. The third-order valence-corrected chi connectivity index (χ3v) is 1.99. The Morgan fingerprint density at radius 2 is 2.29 bits per heavy atom. The molecule has 0 aliphatic carbocycles. The van der Waals surface area contributed by atoms with Gasteiger partial charge >= 0.3 is 6.09 Å². The van der Waals surface area contributed by atoms with E-state index in [9.17, 15) is 9.18 Å². The molecule has 0 saturated carbocycles. The second kappa shape index (κ2) is 4.95. The number of alkyl halides is 1. The van der Waals surface area contributed by atoms with Gasteiger partial charge in [-0.05, 0) is 24.1 Å². The van der Waals surface area contributed by atoms with Crippen LogP contribution in [0.5, 0.6) is 5.75 Å². The van der Waals surface area contributed by atoms with Gasteiger partial charge < -0.3 is 10.5 Å². The second-order valence-electron chi connectivity index (χ2n) is 2.62. The van der Waals surface area contributed by atoms with Crippen LogP contribution in [0.1, 0.15) is 5.56 Å². The molecule has 76 valence electrons. The minimum absolute atomic E-state index is 0.129. The van der Waals surface area contributed by atoms with Crippen LogP contribution in [0, 0.1) is 5.82 Å². The third kappa shape index (κ3) is 2.99. The fraction of sp³-hybridized carbons (Fsp3) is 0.222. The first kappa shape index (κ1) is 11.0. The number of rotatable bonds is 3. The van der Waals surface area contributed by atoms with Crippen LogP contribution in [0.25, 0.3) is 0 Å². The lowest BCUT2D eigenvalue weighted by Gasteiger charge is -2.04. The maximum absolute atomic E-state index is 13.0. The van der Waals surface area contributed by atoms with Gasteiger partial charge in [0.25, 0.3) is 0 Å².